The molecule has 3 aromatic rings. The number of hydrogen-bond donors (Lipinski definition) is 2. The topological polar surface area (TPSA) is 92.1 Å². The van der Waals surface area contributed by atoms with Crippen LogP contribution in [0.1, 0.15) is 71.3 Å². The van der Waals surface area contributed by atoms with Crippen LogP contribution in [0.25, 0.3) is 16.9 Å². The third-order valence-corrected chi connectivity index (χ3v) is 8.07. The molecule has 5 rings (SSSR count). The van der Waals surface area contributed by atoms with Gasteiger partial charge in [0.1, 0.15) is 5.82 Å². The zero-order valence-electron chi connectivity index (χ0n) is 21.7. The second-order valence-corrected chi connectivity index (χ2v) is 10.4. The summed E-state index contributed by atoms with van der Waals surface area (Å²) in [4.78, 5) is 7.30. The molecule has 8 nitrogen and oxygen atoms in total. The zero-order valence-corrected chi connectivity index (χ0v) is 21.7. The second kappa shape index (κ2) is 10.6. The largest absolute Gasteiger partial charge is 0.385 e. The van der Waals surface area contributed by atoms with Crippen LogP contribution in [-0.4, -0.2) is 55.9 Å². The fourth-order valence-corrected chi connectivity index (χ4v) is 5.56. The average Bonchev–Trinajstić information content (AvgIpc) is 3.57. The summed E-state index contributed by atoms with van der Waals surface area (Å²) in [5.74, 6) is 9.61. The van der Waals surface area contributed by atoms with Crippen LogP contribution in [0.2, 0.25) is 0 Å². The molecule has 2 N–H and O–H groups in total. The summed E-state index contributed by atoms with van der Waals surface area (Å²) in [6.45, 7) is 8.73. The average molecular weight is 491 g/mol. The van der Waals surface area contributed by atoms with Crippen molar-refractivity contribution in [1.82, 2.24) is 25.0 Å². The van der Waals surface area contributed by atoms with E-state index in [1.54, 1.807) is 10.9 Å². The highest BCUT2D eigenvalue weighted by Gasteiger charge is 2.37. The van der Waals surface area contributed by atoms with E-state index in [9.17, 15) is 5.11 Å². The molecule has 1 atom stereocenters. The molecular formula is C28H38N6O2. The molecule has 2 fully saturated rings. The first-order chi connectivity index (χ1) is 17.5. The Bertz CT molecular complexity index is 1210. The maximum Gasteiger partial charge on any atom is 0.167 e. The molecule has 0 unspecified atom stereocenters. The highest BCUT2D eigenvalue weighted by molar-refractivity contribution is 5.83. The minimum atomic E-state index is -0.930. The van der Waals surface area contributed by atoms with Gasteiger partial charge in [-0.05, 0) is 50.2 Å². The summed E-state index contributed by atoms with van der Waals surface area (Å²) in [5, 5.41) is 24.6. The van der Waals surface area contributed by atoms with Crippen LogP contribution < -0.4 is 4.90 Å². The third kappa shape index (κ3) is 4.87. The Morgan fingerprint density at radius 2 is 2.08 bits per heavy atom. The minimum Gasteiger partial charge on any atom is -0.385 e. The lowest BCUT2D eigenvalue weighted by molar-refractivity contribution is -0.00662. The molecule has 0 aromatic carbocycles. The van der Waals surface area contributed by atoms with Crippen molar-refractivity contribution in [3.63, 3.8) is 0 Å². The van der Waals surface area contributed by atoms with Gasteiger partial charge in [0.15, 0.2) is 11.5 Å². The first kappa shape index (κ1) is 24.8. The first-order valence-corrected chi connectivity index (χ1v) is 13.5. The van der Waals surface area contributed by atoms with E-state index < -0.39 is 5.60 Å². The van der Waals surface area contributed by atoms with Crippen molar-refractivity contribution in [2.24, 2.45) is 11.8 Å². The quantitative estimate of drug-likeness (QED) is 0.492. The van der Waals surface area contributed by atoms with Gasteiger partial charge < -0.3 is 14.7 Å². The maximum absolute atomic E-state index is 12.0. The Morgan fingerprint density at radius 1 is 1.28 bits per heavy atom. The number of aromatic nitrogens is 5. The van der Waals surface area contributed by atoms with Gasteiger partial charge in [0.05, 0.1) is 37.3 Å². The van der Waals surface area contributed by atoms with E-state index in [0.717, 1.165) is 54.0 Å². The Morgan fingerprint density at radius 3 is 2.78 bits per heavy atom. The predicted molar refractivity (Wildman–Crippen MR) is 141 cm³/mol. The maximum atomic E-state index is 12.0. The van der Waals surface area contributed by atoms with Crippen LogP contribution in [0.15, 0.2) is 24.5 Å². The van der Waals surface area contributed by atoms with Crippen molar-refractivity contribution in [2.75, 3.05) is 24.7 Å². The molecule has 0 amide bonds. The molecule has 1 saturated heterocycles. The van der Waals surface area contributed by atoms with E-state index in [2.05, 4.69) is 58.9 Å². The lowest BCUT2D eigenvalue weighted by Gasteiger charge is -2.37. The van der Waals surface area contributed by atoms with Crippen LogP contribution in [0.4, 0.5) is 5.82 Å². The minimum absolute atomic E-state index is 0.204. The number of nitrogens with one attached hydrogen (secondary N) is 1. The fraction of sp³-hybridized carbons (Fsp3) is 0.607. The molecule has 8 heteroatoms. The van der Waals surface area contributed by atoms with Gasteiger partial charge in [-0.3, -0.25) is 5.10 Å². The number of anilines is 1. The number of morpholine rings is 1. The van der Waals surface area contributed by atoms with Gasteiger partial charge in [-0.2, -0.15) is 14.9 Å². The number of aromatic amines is 1. The van der Waals surface area contributed by atoms with Crippen LogP contribution >= 0.6 is 0 Å². The van der Waals surface area contributed by atoms with E-state index in [4.69, 9.17) is 9.72 Å². The predicted octanol–water partition coefficient (Wildman–Crippen LogP) is 4.58. The molecule has 0 radical (unpaired) electrons. The number of fused-ring (bicyclic) bond motifs is 1. The van der Waals surface area contributed by atoms with Gasteiger partial charge in [-0.15, -0.1) is 5.92 Å². The van der Waals surface area contributed by atoms with E-state index >= 15 is 0 Å². The number of nitrogens with zero attached hydrogens (tertiary/aromatic N) is 5. The summed E-state index contributed by atoms with van der Waals surface area (Å²) in [6, 6.07) is 4.16. The smallest absolute Gasteiger partial charge is 0.167 e. The normalized spacial score (nSPS) is 24.8. The number of ether oxygens (including phenoxy) is 1. The molecule has 0 bridgehead atoms. The van der Waals surface area contributed by atoms with Crippen molar-refractivity contribution in [3.05, 3.63) is 30.1 Å². The Labute approximate surface area is 213 Å². The summed E-state index contributed by atoms with van der Waals surface area (Å²) < 4.78 is 7.44. The number of hydrogen-bond acceptors (Lipinski definition) is 6. The van der Waals surface area contributed by atoms with Crippen LogP contribution in [0.3, 0.4) is 0 Å². The summed E-state index contributed by atoms with van der Waals surface area (Å²) >= 11 is 0. The number of rotatable bonds is 6. The lowest BCUT2D eigenvalue weighted by Crippen LogP contribution is -2.44. The molecule has 192 valence electrons. The van der Waals surface area contributed by atoms with E-state index in [1.165, 1.54) is 12.8 Å². The molecular weight excluding hydrogens is 452 g/mol. The molecule has 1 aliphatic carbocycles. The first-order valence-electron chi connectivity index (χ1n) is 13.5. The van der Waals surface area contributed by atoms with E-state index in [-0.39, 0.29) is 6.04 Å². The molecule has 1 aliphatic heterocycles. The summed E-state index contributed by atoms with van der Waals surface area (Å²) in [5.41, 5.74) is 0.710. The van der Waals surface area contributed by atoms with Gasteiger partial charge in [-0.1, -0.05) is 32.6 Å². The Hall–Kier alpha value is -2.89. The van der Waals surface area contributed by atoms with Gasteiger partial charge in [0, 0.05) is 30.3 Å². The molecule has 0 spiro atoms. The fourth-order valence-electron chi connectivity index (χ4n) is 5.56. The van der Waals surface area contributed by atoms with Crippen LogP contribution in [-0.2, 0) is 10.3 Å². The monoisotopic (exact) mass is 490 g/mol. The van der Waals surface area contributed by atoms with Crippen molar-refractivity contribution in [2.45, 2.75) is 77.4 Å². The van der Waals surface area contributed by atoms with Gasteiger partial charge in [0.2, 0.25) is 0 Å². The Kier molecular flexibility index (Phi) is 7.31. The SMILES string of the molecule is CCC(CC)CC#CC1CCC(O)(c2cc(N3CCOC[C@H]3C)nc3c2cnn3-c2ccn[nH]2)CC1. The molecule has 1 saturated carbocycles. The summed E-state index contributed by atoms with van der Waals surface area (Å²) in [6.07, 6.45) is 10.0. The highest BCUT2D eigenvalue weighted by atomic mass is 16.5. The van der Waals surface area contributed by atoms with Gasteiger partial charge >= 0.3 is 0 Å². The van der Waals surface area contributed by atoms with Gasteiger partial charge in [-0.25, -0.2) is 4.98 Å². The Balaban J connectivity index is 1.47. The summed E-state index contributed by atoms with van der Waals surface area (Å²) in [7, 11) is 0. The van der Waals surface area contributed by atoms with Crippen LogP contribution in [0.5, 0.6) is 0 Å². The second-order valence-electron chi connectivity index (χ2n) is 10.4. The molecule has 36 heavy (non-hydrogen) atoms. The number of pyridine rings is 1. The molecule has 4 heterocycles. The van der Waals surface area contributed by atoms with E-state index in [1.807, 2.05) is 12.3 Å². The third-order valence-electron chi connectivity index (χ3n) is 8.07. The lowest BCUT2D eigenvalue weighted by atomic mass is 9.74. The molecule has 3 aromatic heterocycles. The van der Waals surface area contributed by atoms with E-state index in [0.29, 0.717) is 37.9 Å². The number of aliphatic hydroxyl groups is 1. The number of H-pyrrole nitrogens is 1. The van der Waals surface area contributed by atoms with Crippen molar-refractivity contribution >= 4 is 16.9 Å². The van der Waals surface area contributed by atoms with Crippen LogP contribution in [0, 0.1) is 23.7 Å². The van der Waals surface area contributed by atoms with Gasteiger partial charge in [0.25, 0.3) is 0 Å². The van der Waals surface area contributed by atoms with Crippen molar-refractivity contribution < 1.29 is 9.84 Å². The van der Waals surface area contributed by atoms with Crippen molar-refractivity contribution in [3.8, 4) is 17.7 Å². The zero-order chi connectivity index (χ0) is 25.1. The highest BCUT2D eigenvalue weighted by Crippen LogP contribution is 2.43. The van der Waals surface area contributed by atoms with Crippen molar-refractivity contribution in [1.29, 1.82) is 0 Å². The standard InChI is InChI=1S/C28H38N6O2/c1-4-21(5-2)7-6-8-22-9-12-28(35,13-10-22)24-17-26(33-15-16-36-19-20(33)3)31-27-23(24)18-30-34(27)25-11-14-29-32-25/h11,14,17-18,20-22,35H,4-5,7,9-10,12-13,15-16,19H2,1-3H3,(H,29,32)/t20-,22?,28?/m1/s1. The molecule has 2 aliphatic rings.